The molecule has 4 heterocycles. The number of anilines is 2. The topological polar surface area (TPSA) is 249 Å². The quantitative estimate of drug-likeness (QED) is 0.0199. The Kier molecular flexibility index (Phi) is 17.0. The summed E-state index contributed by atoms with van der Waals surface area (Å²) < 4.78 is 21.2. The van der Waals surface area contributed by atoms with Crippen LogP contribution < -0.4 is 16.8 Å². The van der Waals surface area contributed by atoms with Gasteiger partial charge in [0.25, 0.3) is 11.8 Å². The predicted molar refractivity (Wildman–Crippen MR) is 336 cm³/mol. The summed E-state index contributed by atoms with van der Waals surface area (Å²) in [7, 11) is 0. The number of hydrogen-bond donors (Lipinski definition) is 3. The summed E-state index contributed by atoms with van der Waals surface area (Å²) in [5, 5.41) is 11.2. The van der Waals surface area contributed by atoms with E-state index in [1.165, 1.54) is 16.7 Å². The van der Waals surface area contributed by atoms with E-state index in [-0.39, 0.29) is 44.6 Å². The third kappa shape index (κ3) is 11.6. The number of nitrogens with one attached hydrogen (secondary N) is 1. The number of benzene rings is 8. The molecule has 10 aromatic rings. The Bertz CT molecular complexity index is 3960. The van der Waals surface area contributed by atoms with Crippen LogP contribution in [0.2, 0.25) is 0 Å². The number of oxime groups is 2. The monoisotopic (exact) mass is 1220 g/mol. The Morgan fingerprint density at radius 3 is 1.28 bits per heavy atom. The average Bonchev–Trinajstić information content (AvgIpc) is 2.65. The van der Waals surface area contributed by atoms with E-state index in [9.17, 15) is 14.4 Å². The molecule has 0 saturated carbocycles. The molecule has 0 radical (unpaired) electrons. The maximum Gasteiger partial charge on any atom is 0.364 e. The van der Waals surface area contributed by atoms with Crippen LogP contribution in [0.4, 0.5) is 10.3 Å². The van der Waals surface area contributed by atoms with Gasteiger partial charge in [-0.3, -0.25) is 14.5 Å². The molecule has 1 fully saturated rings. The molecule has 2 amide bonds. The molecule has 0 bridgehead atoms. The van der Waals surface area contributed by atoms with Crippen LogP contribution in [0.25, 0.3) is 0 Å². The van der Waals surface area contributed by atoms with Crippen LogP contribution in [-0.2, 0) is 49.5 Å². The maximum absolute atomic E-state index is 15.2. The first kappa shape index (κ1) is 57.8. The van der Waals surface area contributed by atoms with E-state index in [1.54, 1.807) is 0 Å². The standard InChI is InChI=1S/C67H52N10O8S3/c68-64-71-57(75-87-64)52(73-84-66(46-29-13-3-14-30-46,47-31-15-4-16-32-47)48-33-17-5-18-34-48)59(78)70-54-60(79)77-55(63(81)83-56(43-25-9-1-10-26-43)44-27-11-2-12-28-44)45(42-86-61(54)77)41-82-62(80)53(58-72-65(69)88-76-58)74-85-67(49-35-19-6-20-36-49,50-37-21-7-22-38-50)51-39-23-8-24-40-51/h1-40,54,56,61H,41-42H2,(H,70,78)(H2,68,71,75)(H2,69,72,76)/b73-52-,74-53-/t54-,61-/m1/s1. The first-order valence-corrected chi connectivity index (χ1v) is 30.2. The van der Waals surface area contributed by atoms with Gasteiger partial charge in [0.05, 0.1) is 0 Å². The lowest BCUT2D eigenvalue weighted by molar-refractivity contribution is -0.154. The number of nitrogens with zero attached hydrogens (tertiary/aromatic N) is 7. The highest BCUT2D eigenvalue weighted by molar-refractivity contribution is 8.00. The van der Waals surface area contributed by atoms with Crippen molar-refractivity contribution >= 4 is 80.3 Å². The molecule has 436 valence electrons. The molecule has 88 heavy (non-hydrogen) atoms. The van der Waals surface area contributed by atoms with E-state index in [1.807, 2.05) is 243 Å². The van der Waals surface area contributed by atoms with Gasteiger partial charge in [0.15, 0.2) is 16.4 Å². The van der Waals surface area contributed by atoms with Gasteiger partial charge in [0.2, 0.25) is 34.3 Å². The predicted octanol–water partition coefficient (Wildman–Crippen LogP) is 10.2. The van der Waals surface area contributed by atoms with Crippen molar-refractivity contribution in [3.8, 4) is 0 Å². The molecular formula is C67H52N10O8S3. The molecule has 0 spiro atoms. The molecule has 2 aromatic heterocycles. The number of fused-ring (bicyclic) bond motifs is 1. The van der Waals surface area contributed by atoms with Crippen LogP contribution in [0, 0.1) is 0 Å². The van der Waals surface area contributed by atoms with Crippen molar-refractivity contribution < 1.29 is 38.3 Å². The second-order valence-corrected chi connectivity index (χ2v) is 22.7. The van der Waals surface area contributed by atoms with Crippen LogP contribution in [0.15, 0.2) is 264 Å². The highest BCUT2D eigenvalue weighted by Gasteiger charge is 2.55. The molecule has 8 aromatic carbocycles. The number of nitrogen functional groups attached to an aromatic ring is 2. The molecule has 2 atom stereocenters. The molecule has 18 nitrogen and oxygen atoms in total. The van der Waals surface area contributed by atoms with Gasteiger partial charge in [-0.2, -0.15) is 18.7 Å². The lowest BCUT2D eigenvalue weighted by Gasteiger charge is -2.49. The normalized spacial score (nSPS) is 15.2. The molecule has 2 aliphatic heterocycles. The molecule has 0 unspecified atom stereocenters. The van der Waals surface area contributed by atoms with Gasteiger partial charge in [-0.05, 0) is 11.1 Å². The van der Waals surface area contributed by atoms with E-state index in [0.717, 1.165) is 23.1 Å². The number of nitrogens with two attached hydrogens (primary N) is 2. The van der Waals surface area contributed by atoms with Crippen molar-refractivity contribution in [3.63, 3.8) is 0 Å². The van der Waals surface area contributed by atoms with E-state index < -0.39 is 64.8 Å². The summed E-state index contributed by atoms with van der Waals surface area (Å²) in [5.41, 5.74) is 14.0. The summed E-state index contributed by atoms with van der Waals surface area (Å²) in [5.74, 6) is -3.84. The van der Waals surface area contributed by atoms with Crippen LogP contribution in [0.5, 0.6) is 0 Å². The summed E-state index contributed by atoms with van der Waals surface area (Å²) in [4.78, 5) is 83.3. The van der Waals surface area contributed by atoms with E-state index in [2.05, 4.69) is 34.3 Å². The Balaban J connectivity index is 0.891. The first-order valence-electron chi connectivity index (χ1n) is 27.6. The number of carbonyl (C=O) groups excluding carboxylic acids is 4. The smallest absolute Gasteiger partial charge is 0.364 e. The van der Waals surface area contributed by atoms with Crippen molar-refractivity contribution in [1.82, 2.24) is 28.9 Å². The Morgan fingerprint density at radius 1 is 0.545 bits per heavy atom. The lowest BCUT2D eigenvalue weighted by atomic mass is 9.80. The molecule has 21 heteroatoms. The van der Waals surface area contributed by atoms with Crippen LogP contribution in [0.3, 0.4) is 0 Å². The number of rotatable bonds is 21. The van der Waals surface area contributed by atoms with Gasteiger partial charge in [-0.25, -0.2) is 9.59 Å². The van der Waals surface area contributed by atoms with E-state index in [4.69, 9.17) is 30.6 Å². The minimum atomic E-state index is -1.43. The van der Waals surface area contributed by atoms with Gasteiger partial charge < -0.3 is 35.9 Å². The van der Waals surface area contributed by atoms with Crippen LogP contribution >= 0.6 is 34.8 Å². The van der Waals surface area contributed by atoms with Crippen molar-refractivity contribution in [1.29, 1.82) is 0 Å². The summed E-state index contributed by atoms with van der Waals surface area (Å²) in [6, 6.07) is 73.5. The highest BCUT2D eigenvalue weighted by Crippen LogP contribution is 2.45. The highest BCUT2D eigenvalue weighted by atomic mass is 32.2. The van der Waals surface area contributed by atoms with Gasteiger partial charge in [-0.15, -0.1) is 11.8 Å². The van der Waals surface area contributed by atoms with Crippen molar-refractivity contribution in [3.05, 3.63) is 310 Å². The van der Waals surface area contributed by atoms with Gasteiger partial charge in [-0.1, -0.05) is 253 Å². The van der Waals surface area contributed by atoms with Gasteiger partial charge >= 0.3 is 11.9 Å². The largest absolute Gasteiger partial charge is 0.456 e. The number of carbonyl (C=O) groups is 4. The number of aromatic nitrogens is 4. The maximum atomic E-state index is 15.2. The van der Waals surface area contributed by atoms with Gasteiger partial charge in [0, 0.05) is 67.8 Å². The lowest BCUT2D eigenvalue weighted by Crippen LogP contribution is -2.71. The molecule has 0 aliphatic carbocycles. The molecule has 1 saturated heterocycles. The molecule has 5 N–H and O–H groups in total. The molecule has 12 rings (SSSR count). The first-order chi connectivity index (χ1) is 43.1. The number of β-lactam (4-membered cyclic amide) rings is 1. The zero-order valence-electron chi connectivity index (χ0n) is 46.5. The Labute approximate surface area is 517 Å². The zero-order valence-corrected chi connectivity index (χ0v) is 49.0. The minimum Gasteiger partial charge on any atom is -0.456 e. The number of hydrogen-bond acceptors (Lipinski definition) is 19. The van der Waals surface area contributed by atoms with Crippen molar-refractivity contribution in [2.75, 3.05) is 23.8 Å². The van der Waals surface area contributed by atoms with Crippen LogP contribution in [-0.4, -0.2) is 82.6 Å². The average molecular weight is 1220 g/mol. The van der Waals surface area contributed by atoms with Gasteiger partial charge in [0.1, 0.15) is 23.7 Å². The molecular weight excluding hydrogens is 1170 g/mol. The SMILES string of the molecule is Nc1nc(/C(=N/OC(c2ccccc2)(c2ccccc2)c2ccccc2)C(=O)N[C@@H]2C(=O)N3C(C(=O)OC(c4ccccc4)c4ccccc4)=C(COC(=O)/C(=N\OC(c4ccccc4)(c4ccccc4)c4ccccc4)c4nsc(N)n4)CS[C@H]23)ns1. The second-order valence-electron chi connectivity index (χ2n) is 20.0. The Morgan fingerprint density at radius 2 is 0.909 bits per heavy atom. The fourth-order valence-corrected chi connectivity index (χ4v) is 12.8. The van der Waals surface area contributed by atoms with Crippen LogP contribution in [0.1, 0.15) is 62.3 Å². The zero-order chi connectivity index (χ0) is 60.5. The third-order valence-corrected chi connectivity index (χ3v) is 17.1. The number of amides is 2. The third-order valence-electron chi connectivity index (χ3n) is 14.7. The van der Waals surface area contributed by atoms with Crippen molar-refractivity contribution in [2.24, 2.45) is 10.3 Å². The summed E-state index contributed by atoms with van der Waals surface area (Å²) in [6.07, 6.45) is -0.950. The fraction of sp³-hybridized carbons (Fsp3) is 0.104. The number of ether oxygens (including phenoxy) is 2. The second kappa shape index (κ2) is 25.9. The molecule has 2 aliphatic rings. The number of thioether (sulfide) groups is 1. The summed E-state index contributed by atoms with van der Waals surface area (Å²) in [6.45, 7) is -0.554. The number of esters is 2. The fourth-order valence-electron chi connectivity index (χ4n) is 10.6. The minimum absolute atomic E-state index is 0.00581. The van der Waals surface area contributed by atoms with E-state index >= 15 is 4.79 Å². The Hall–Kier alpha value is -10.6. The van der Waals surface area contributed by atoms with E-state index in [0.29, 0.717) is 44.5 Å². The van der Waals surface area contributed by atoms with Crippen molar-refractivity contribution in [2.45, 2.75) is 28.7 Å². The summed E-state index contributed by atoms with van der Waals surface area (Å²) >= 11 is 2.90.